The van der Waals surface area contributed by atoms with Gasteiger partial charge in [-0.15, -0.1) is 0 Å². The number of rotatable bonds is 5. The SMILES string of the molecule is COc1ccc(C(=O)C(C)Oc2ccccc2C)cc1. The van der Waals surface area contributed by atoms with Crippen LogP contribution in [0, 0.1) is 6.92 Å². The van der Waals surface area contributed by atoms with Crippen molar-refractivity contribution in [2.24, 2.45) is 0 Å². The summed E-state index contributed by atoms with van der Waals surface area (Å²) in [7, 11) is 1.60. The Balaban J connectivity index is 2.10. The third-order valence-electron chi connectivity index (χ3n) is 3.14. The van der Waals surface area contributed by atoms with Gasteiger partial charge in [0.1, 0.15) is 11.5 Å². The van der Waals surface area contributed by atoms with Gasteiger partial charge in [0.2, 0.25) is 5.78 Å². The van der Waals surface area contributed by atoms with E-state index in [4.69, 9.17) is 9.47 Å². The molecule has 0 aliphatic rings. The van der Waals surface area contributed by atoms with E-state index >= 15 is 0 Å². The average Bonchev–Trinajstić information content (AvgIpc) is 2.49. The van der Waals surface area contributed by atoms with Crippen molar-refractivity contribution >= 4 is 5.78 Å². The minimum absolute atomic E-state index is 0.0455. The van der Waals surface area contributed by atoms with E-state index in [2.05, 4.69) is 0 Å². The third-order valence-corrected chi connectivity index (χ3v) is 3.14. The van der Waals surface area contributed by atoms with E-state index < -0.39 is 6.10 Å². The Kier molecular flexibility index (Phi) is 4.41. The van der Waals surface area contributed by atoms with E-state index in [-0.39, 0.29) is 5.78 Å². The van der Waals surface area contributed by atoms with E-state index in [1.165, 1.54) is 0 Å². The number of aryl methyl sites for hydroxylation is 1. The van der Waals surface area contributed by atoms with Gasteiger partial charge in [0.25, 0.3) is 0 Å². The summed E-state index contributed by atoms with van der Waals surface area (Å²) in [4.78, 5) is 12.3. The smallest absolute Gasteiger partial charge is 0.202 e. The summed E-state index contributed by atoms with van der Waals surface area (Å²) < 4.78 is 10.8. The number of carbonyl (C=O) groups excluding carboxylic acids is 1. The maximum absolute atomic E-state index is 12.3. The molecular weight excluding hydrogens is 252 g/mol. The molecule has 3 nitrogen and oxygen atoms in total. The maximum atomic E-state index is 12.3. The molecule has 2 aromatic rings. The van der Waals surface area contributed by atoms with Gasteiger partial charge >= 0.3 is 0 Å². The van der Waals surface area contributed by atoms with Gasteiger partial charge in [-0.2, -0.15) is 0 Å². The zero-order chi connectivity index (χ0) is 14.5. The first-order valence-corrected chi connectivity index (χ1v) is 6.52. The normalized spacial score (nSPS) is 11.8. The molecule has 0 saturated heterocycles. The highest BCUT2D eigenvalue weighted by Crippen LogP contribution is 2.20. The molecule has 0 radical (unpaired) electrons. The van der Waals surface area contributed by atoms with Crippen molar-refractivity contribution in [1.82, 2.24) is 0 Å². The first-order chi connectivity index (χ1) is 9.61. The van der Waals surface area contributed by atoms with Crippen molar-refractivity contribution in [2.75, 3.05) is 7.11 Å². The molecule has 0 spiro atoms. The van der Waals surface area contributed by atoms with Crippen LogP contribution in [0.3, 0.4) is 0 Å². The number of para-hydroxylation sites is 1. The first kappa shape index (κ1) is 14.1. The van der Waals surface area contributed by atoms with Gasteiger partial charge in [-0.25, -0.2) is 0 Å². The molecule has 104 valence electrons. The van der Waals surface area contributed by atoms with Crippen LogP contribution in [0.2, 0.25) is 0 Å². The number of hydrogen-bond acceptors (Lipinski definition) is 3. The molecule has 0 heterocycles. The van der Waals surface area contributed by atoms with Crippen molar-refractivity contribution in [3.8, 4) is 11.5 Å². The summed E-state index contributed by atoms with van der Waals surface area (Å²) in [5.41, 5.74) is 1.63. The summed E-state index contributed by atoms with van der Waals surface area (Å²) in [5.74, 6) is 1.42. The maximum Gasteiger partial charge on any atom is 0.202 e. The fraction of sp³-hybridized carbons (Fsp3) is 0.235. The molecule has 0 aliphatic heterocycles. The van der Waals surface area contributed by atoms with E-state index in [0.29, 0.717) is 5.56 Å². The van der Waals surface area contributed by atoms with E-state index in [1.807, 2.05) is 31.2 Å². The lowest BCUT2D eigenvalue weighted by Gasteiger charge is -2.15. The molecule has 1 atom stereocenters. The highest BCUT2D eigenvalue weighted by atomic mass is 16.5. The van der Waals surface area contributed by atoms with Crippen LogP contribution >= 0.6 is 0 Å². The second kappa shape index (κ2) is 6.24. The van der Waals surface area contributed by atoms with Crippen LogP contribution in [0.15, 0.2) is 48.5 Å². The monoisotopic (exact) mass is 270 g/mol. The molecule has 0 bridgehead atoms. The Morgan fingerprint density at radius 3 is 2.30 bits per heavy atom. The molecule has 0 aromatic heterocycles. The Labute approximate surface area is 119 Å². The van der Waals surface area contributed by atoms with Gasteiger partial charge in [-0.1, -0.05) is 18.2 Å². The topological polar surface area (TPSA) is 35.5 Å². The van der Waals surface area contributed by atoms with Crippen LogP contribution < -0.4 is 9.47 Å². The lowest BCUT2D eigenvalue weighted by molar-refractivity contribution is 0.0817. The van der Waals surface area contributed by atoms with Crippen molar-refractivity contribution in [3.63, 3.8) is 0 Å². The zero-order valence-corrected chi connectivity index (χ0v) is 11.9. The van der Waals surface area contributed by atoms with Crippen LogP contribution in [0.1, 0.15) is 22.8 Å². The second-order valence-corrected chi connectivity index (χ2v) is 4.62. The summed E-state index contributed by atoms with van der Waals surface area (Å²) in [6, 6.07) is 14.7. The van der Waals surface area contributed by atoms with Gasteiger partial charge in [0.05, 0.1) is 7.11 Å². The molecule has 0 amide bonds. The van der Waals surface area contributed by atoms with Crippen LogP contribution in [0.5, 0.6) is 11.5 Å². The minimum atomic E-state index is -0.524. The number of Topliss-reactive ketones (excluding diaryl/α,β-unsaturated/α-hetero) is 1. The zero-order valence-electron chi connectivity index (χ0n) is 11.9. The summed E-state index contributed by atoms with van der Waals surface area (Å²) in [6.45, 7) is 3.72. The second-order valence-electron chi connectivity index (χ2n) is 4.62. The average molecular weight is 270 g/mol. The largest absolute Gasteiger partial charge is 0.497 e. The Morgan fingerprint density at radius 1 is 1.05 bits per heavy atom. The van der Waals surface area contributed by atoms with Crippen LogP contribution in [0.25, 0.3) is 0 Å². The van der Waals surface area contributed by atoms with Crippen molar-refractivity contribution in [2.45, 2.75) is 20.0 Å². The standard InChI is InChI=1S/C17H18O3/c1-12-6-4-5-7-16(12)20-13(2)17(18)14-8-10-15(19-3)11-9-14/h4-11,13H,1-3H3. The summed E-state index contributed by atoms with van der Waals surface area (Å²) >= 11 is 0. The van der Waals surface area contributed by atoms with Crippen LogP contribution in [-0.2, 0) is 0 Å². The summed E-state index contributed by atoms with van der Waals surface area (Å²) in [5, 5.41) is 0. The number of ether oxygens (including phenoxy) is 2. The van der Waals surface area contributed by atoms with Gasteiger partial charge in [-0.3, -0.25) is 4.79 Å². The number of carbonyl (C=O) groups is 1. The van der Waals surface area contributed by atoms with Crippen molar-refractivity contribution in [1.29, 1.82) is 0 Å². The van der Waals surface area contributed by atoms with Crippen LogP contribution in [-0.4, -0.2) is 19.0 Å². The highest BCUT2D eigenvalue weighted by molar-refractivity contribution is 5.99. The molecule has 0 fully saturated rings. The quantitative estimate of drug-likeness (QED) is 0.778. The van der Waals surface area contributed by atoms with Gasteiger partial charge < -0.3 is 9.47 Å². The fourth-order valence-electron chi connectivity index (χ4n) is 1.92. The molecule has 2 rings (SSSR count). The van der Waals surface area contributed by atoms with E-state index in [9.17, 15) is 4.79 Å². The number of methoxy groups -OCH3 is 1. The predicted octanol–water partition coefficient (Wildman–Crippen LogP) is 3.65. The molecule has 20 heavy (non-hydrogen) atoms. The van der Waals surface area contributed by atoms with E-state index in [1.54, 1.807) is 38.3 Å². The van der Waals surface area contributed by atoms with Crippen molar-refractivity contribution in [3.05, 3.63) is 59.7 Å². The Morgan fingerprint density at radius 2 is 1.70 bits per heavy atom. The van der Waals surface area contributed by atoms with Crippen molar-refractivity contribution < 1.29 is 14.3 Å². The molecule has 0 saturated carbocycles. The van der Waals surface area contributed by atoms with Gasteiger partial charge in [0, 0.05) is 5.56 Å². The first-order valence-electron chi connectivity index (χ1n) is 6.52. The predicted molar refractivity (Wildman–Crippen MR) is 78.6 cm³/mol. The Hall–Kier alpha value is -2.29. The van der Waals surface area contributed by atoms with Gasteiger partial charge in [-0.05, 0) is 49.7 Å². The Bertz CT molecular complexity index is 587. The van der Waals surface area contributed by atoms with E-state index in [0.717, 1.165) is 17.1 Å². The lowest BCUT2D eigenvalue weighted by atomic mass is 10.1. The molecular formula is C17H18O3. The highest BCUT2D eigenvalue weighted by Gasteiger charge is 2.17. The molecule has 0 N–H and O–H groups in total. The molecule has 0 aliphatic carbocycles. The minimum Gasteiger partial charge on any atom is -0.497 e. The summed E-state index contributed by atoms with van der Waals surface area (Å²) in [6.07, 6.45) is -0.524. The number of hydrogen-bond donors (Lipinski definition) is 0. The molecule has 1 unspecified atom stereocenters. The molecule has 2 aromatic carbocycles. The fourth-order valence-corrected chi connectivity index (χ4v) is 1.92. The van der Waals surface area contributed by atoms with Crippen LogP contribution in [0.4, 0.5) is 0 Å². The lowest BCUT2D eigenvalue weighted by Crippen LogP contribution is -2.24. The number of benzene rings is 2. The molecule has 3 heteroatoms. The third kappa shape index (κ3) is 3.18. The number of ketones is 1. The van der Waals surface area contributed by atoms with Gasteiger partial charge in [0.15, 0.2) is 6.10 Å².